The molecule has 3 aromatic rings. The highest BCUT2D eigenvalue weighted by Crippen LogP contribution is 2.44. The van der Waals surface area contributed by atoms with Gasteiger partial charge in [0.2, 0.25) is 11.8 Å². The highest BCUT2D eigenvalue weighted by atomic mass is 35.5. The first-order valence-electron chi connectivity index (χ1n) is 26.7. The van der Waals surface area contributed by atoms with Crippen molar-refractivity contribution in [2.24, 2.45) is 17.8 Å². The summed E-state index contributed by atoms with van der Waals surface area (Å²) in [7, 11) is 0. The molecule has 76 heavy (non-hydrogen) atoms. The van der Waals surface area contributed by atoms with Gasteiger partial charge in [0.25, 0.3) is 11.6 Å². The van der Waals surface area contributed by atoms with Crippen LogP contribution in [-0.2, 0) is 38.1 Å². The fourth-order valence-electron chi connectivity index (χ4n) is 12.0. The summed E-state index contributed by atoms with van der Waals surface area (Å²) in [4.78, 5) is 52.4. The first kappa shape index (κ1) is 58.7. The monoisotopic (exact) mass is 1100 g/mol. The Morgan fingerprint density at radius 1 is 0.566 bits per heavy atom. The van der Waals surface area contributed by atoms with Gasteiger partial charge >= 0.3 is 30.4 Å². The normalized spacial score (nSPS) is 25.7. The Labute approximate surface area is 447 Å². The van der Waals surface area contributed by atoms with Crippen LogP contribution in [0.1, 0.15) is 149 Å². The minimum atomic E-state index is -4.59. The number of alkyl halides is 6. The number of rotatable bonds is 9. The summed E-state index contributed by atoms with van der Waals surface area (Å²) in [6.07, 6.45) is 7.11. The number of allylic oxidation sites excluding steroid dienone is 2. The van der Waals surface area contributed by atoms with Crippen LogP contribution in [0.15, 0.2) is 51.5 Å². The molecule has 0 spiro atoms. The molecule has 7 aliphatic rings. The third-order valence-corrected chi connectivity index (χ3v) is 15.6. The van der Waals surface area contributed by atoms with E-state index in [4.69, 9.17) is 13.8 Å². The van der Waals surface area contributed by atoms with Crippen molar-refractivity contribution in [3.05, 3.63) is 59.7 Å². The molecular weight excluding hydrogens is 1020 g/mol. The number of fused-ring (bicyclic) bond motifs is 4. The Hall–Kier alpha value is -4.96. The summed E-state index contributed by atoms with van der Waals surface area (Å²) in [5.74, 6) is -2.09. The van der Waals surface area contributed by atoms with Gasteiger partial charge in [0.1, 0.15) is 6.61 Å². The molecule has 1 aromatic carbocycles. The molecule has 8 heterocycles. The predicted molar refractivity (Wildman–Crippen MR) is 273 cm³/mol. The van der Waals surface area contributed by atoms with Gasteiger partial charge in [-0.1, -0.05) is 42.5 Å². The van der Waals surface area contributed by atoms with E-state index in [0.717, 1.165) is 122 Å². The molecule has 10 rings (SSSR count). The van der Waals surface area contributed by atoms with Crippen molar-refractivity contribution in [3.63, 3.8) is 0 Å². The topological polar surface area (TPSA) is 175 Å². The van der Waals surface area contributed by atoms with Crippen LogP contribution >= 0.6 is 12.4 Å². The van der Waals surface area contributed by atoms with Crippen molar-refractivity contribution in [1.82, 2.24) is 40.7 Å². The second-order valence-electron chi connectivity index (χ2n) is 23.5. The van der Waals surface area contributed by atoms with Gasteiger partial charge in [0.05, 0.1) is 5.92 Å². The van der Waals surface area contributed by atoms with Crippen molar-refractivity contribution < 1.29 is 54.5 Å². The molecule has 16 nitrogen and oxygen atoms in total. The average molecular weight is 1100 g/mol. The van der Waals surface area contributed by atoms with E-state index in [1.165, 1.54) is 0 Å². The van der Waals surface area contributed by atoms with E-state index >= 15 is 0 Å². The van der Waals surface area contributed by atoms with Crippen LogP contribution in [-0.4, -0.2) is 121 Å². The predicted octanol–water partition coefficient (Wildman–Crippen LogP) is 9.55. The number of nitrogens with one attached hydrogen (secondary N) is 2. The molecular formula is C53H75ClF6N10O6. The molecule has 422 valence electrons. The van der Waals surface area contributed by atoms with Gasteiger partial charge in [-0.2, -0.15) is 36.3 Å². The highest BCUT2D eigenvalue weighted by Gasteiger charge is 2.49. The molecule has 0 saturated carbocycles. The van der Waals surface area contributed by atoms with Gasteiger partial charge in [-0.3, -0.25) is 14.4 Å². The van der Waals surface area contributed by atoms with Crippen molar-refractivity contribution >= 4 is 42.2 Å². The summed E-state index contributed by atoms with van der Waals surface area (Å²) in [6.45, 7) is 15.8. The number of carbonyl (C=O) groups excluding carboxylic acids is 3. The maximum Gasteiger partial charge on any atom is 0.455 e. The lowest BCUT2D eigenvalue weighted by molar-refractivity contribution is -0.149. The summed E-state index contributed by atoms with van der Waals surface area (Å²) < 4.78 is 92.1. The highest BCUT2D eigenvalue weighted by molar-refractivity contribution is 5.85. The molecule has 2 N–H and O–H groups in total. The zero-order valence-corrected chi connectivity index (χ0v) is 45.2. The number of benzene rings is 1. The second-order valence-corrected chi connectivity index (χ2v) is 23.5. The third kappa shape index (κ3) is 15.2. The Morgan fingerprint density at radius 2 is 0.934 bits per heavy atom. The SMILES string of the molecule is CC(C)(C)NC(=O)C1CCN(C2C[C@H]3CC[C@@H](C2)N3c2nc(C(F)(F)F)no2)CC1.CC(C)(C)NC(=O)C1CCN(C2C[C@H]3CC[C@@H](C2)N3c2nc(C(F)(F)F)no2)CC1.Cl.O=C(OCc1ccccc1)C1CC=CC1. The van der Waals surface area contributed by atoms with Crippen LogP contribution in [0.4, 0.5) is 38.4 Å². The van der Waals surface area contributed by atoms with Gasteiger partial charge in [-0.15, -0.1) is 12.4 Å². The fraction of sp³-hybridized carbons (Fsp3) is 0.717. The number of esters is 1. The molecule has 2 amide bonds. The number of piperidine rings is 4. The van der Waals surface area contributed by atoms with Gasteiger partial charge < -0.3 is 44.0 Å². The Bertz CT molecular complexity index is 2250. The van der Waals surface area contributed by atoms with Crippen LogP contribution in [0.2, 0.25) is 0 Å². The average Bonchev–Trinajstić information content (AvgIpc) is 4.22. The van der Waals surface area contributed by atoms with Crippen molar-refractivity contribution in [2.75, 3.05) is 36.0 Å². The van der Waals surface area contributed by atoms with E-state index in [0.29, 0.717) is 18.7 Å². The maximum atomic E-state index is 12.8. The molecule has 2 unspecified atom stereocenters. The number of carbonyl (C=O) groups is 3. The van der Waals surface area contributed by atoms with E-state index < -0.39 is 24.0 Å². The van der Waals surface area contributed by atoms with Gasteiger partial charge in [0, 0.05) is 59.2 Å². The van der Waals surface area contributed by atoms with Crippen molar-refractivity contribution in [3.8, 4) is 0 Å². The van der Waals surface area contributed by atoms with Gasteiger partial charge in [-0.05, 0) is 173 Å². The zero-order chi connectivity index (χ0) is 53.9. The Morgan fingerprint density at radius 3 is 1.26 bits per heavy atom. The van der Waals surface area contributed by atoms with Gasteiger partial charge in [-0.25, -0.2) is 0 Å². The molecule has 0 radical (unpaired) electrons. The third-order valence-electron chi connectivity index (χ3n) is 15.6. The van der Waals surface area contributed by atoms with E-state index in [2.05, 4.69) is 40.7 Å². The fourth-order valence-corrected chi connectivity index (χ4v) is 12.0. The standard InChI is InChI=1S/2C20H30F3N5O2.C13H14O2.ClH/c2*1-19(2,3)25-16(29)12-6-8-27(9-7-12)15-10-13-4-5-14(11-15)28(13)18-24-17(26-30-18)20(21,22)23;14-13(12-8-4-5-9-12)15-10-11-6-2-1-3-7-11;/h2*12-15H,4-11H2,1-3H3,(H,25,29);1-7,12H,8-10H2;1H/t2*13-,14+,15?;;. The molecule has 23 heteroatoms. The number of likely N-dealkylation sites (tertiary alicyclic amines) is 2. The van der Waals surface area contributed by atoms with Crippen LogP contribution in [0, 0.1) is 17.8 Å². The first-order chi connectivity index (χ1) is 35.4. The van der Waals surface area contributed by atoms with Crippen molar-refractivity contribution in [2.45, 2.75) is 198 Å². The summed E-state index contributed by atoms with van der Waals surface area (Å²) in [5.41, 5.74) is 0.596. The molecule has 6 saturated heterocycles. The number of halogens is 7. The number of ether oxygens (including phenoxy) is 1. The summed E-state index contributed by atoms with van der Waals surface area (Å²) in [5, 5.41) is 12.4. The minimum absolute atomic E-state index is 0. The number of amides is 2. The first-order valence-corrected chi connectivity index (χ1v) is 26.7. The van der Waals surface area contributed by atoms with E-state index in [1.54, 1.807) is 0 Å². The Balaban J connectivity index is 0.000000174. The van der Waals surface area contributed by atoms with Crippen LogP contribution in [0.5, 0.6) is 0 Å². The molecule has 6 aliphatic heterocycles. The minimum Gasteiger partial charge on any atom is -0.461 e. The zero-order valence-electron chi connectivity index (χ0n) is 44.4. The van der Waals surface area contributed by atoms with E-state index in [9.17, 15) is 40.7 Å². The lowest BCUT2D eigenvalue weighted by atomic mass is 9.90. The number of aromatic nitrogens is 4. The molecule has 6 atom stereocenters. The van der Waals surface area contributed by atoms with E-state index in [1.807, 2.05) is 93.8 Å². The van der Waals surface area contributed by atoms with Crippen LogP contribution < -0.4 is 20.4 Å². The maximum absolute atomic E-state index is 12.8. The number of hydrogen-bond acceptors (Lipinski definition) is 14. The molecule has 2 aromatic heterocycles. The Kier molecular flexibility index (Phi) is 18.8. The lowest BCUT2D eigenvalue weighted by Crippen LogP contribution is -2.53. The summed E-state index contributed by atoms with van der Waals surface area (Å²) in [6, 6.07) is 11.0. The summed E-state index contributed by atoms with van der Waals surface area (Å²) >= 11 is 0. The lowest BCUT2D eigenvalue weighted by Gasteiger charge is -2.44. The van der Waals surface area contributed by atoms with E-state index in [-0.39, 0.29) is 95.2 Å². The molecule has 6 fully saturated rings. The van der Waals surface area contributed by atoms with Gasteiger partial charge in [0.15, 0.2) is 0 Å². The number of hydrogen-bond donors (Lipinski definition) is 2. The number of nitrogens with zero attached hydrogens (tertiary/aromatic N) is 8. The number of anilines is 2. The van der Waals surface area contributed by atoms with Crippen molar-refractivity contribution in [1.29, 1.82) is 0 Å². The molecule has 1 aliphatic carbocycles. The van der Waals surface area contributed by atoms with Crippen LogP contribution in [0.3, 0.4) is 0 Å². The largest absolute Gasteiger partial charge is 0.461 e. The smallest absolute Gasteiger partial charge is 0.455 e. The second kappa shape index (κ2) is 24.4. The quantitative estimate of drug-likeness (QED) is 0.118. The molecule has 4 bridgehead atoms. The van der Waals surface area contributed by atoms with Crippen LogP contribution in [0.25, 0.3) is 0 Å².